The summed E-state index contributed by atoms with van der Waals surface area (Å²) in [7, 11) is 0. The van der Waals surface area contributed by atoms with Gasteiger partial charge in [-0.1, -0.05) is 0 Å². The Morgan fingerprint density at radius 3 is 2.54 bits per heavy atom. The van der Waals surface area contributed by atoms with E-state index >= 15 is 0 Å². The molecule has 152 valence electrons. The molecule has 0 aliphatic heterocycles. The molecular weight excluding hydrogens is 389 g/mol. The summed E-state index contributed by atoms with van der Waals surface area (Å²) in [5.41, 5.74) is -4.05. The van der Waals surface area contributed by atoms with Crippen LogP contribution < -0.4 is 10.9 Å². The maximum Gasteiger partial charge on any atom is 0.416 e. The first-order valence-electron chi connectivity index (χ1n) is 8.29. The number of alkyl halides is 5. The molecule has 2 aromatic rings. The van der Waals surface area contributed by atoms with Crippen LogP contribution >= 0.6 is 0 Å². The molecule has 11 heteroatoms. The molecule has 0 bridgehead atoms. The topological polar surface area (TPSA) is 84.2 Å². The van der Waals surface area contributed by atoms with Crippen LogP contribution in [0, 0.1) is 0 Å². The number of nitrogens with zero attached hydrogens (tertiary/aromatic N) is 2. The second-order valence-corrected chi connectivity index (χ2v) is 7.08. The van der Waals surface area contributed by atoms with Crippen LogP contribution in [-0.2, 0) is 17.5 Å². The molecule has 2 N–H and O–H groups in total. The van der Waals surface area contributed by atoms with E-state index in [-0.39, 0.29) is 6.04 Å². The van der Waals surface area contributed by atoms with Gasteiger partial charge < -0.3 is 10.4 Å². The Bertz CT molecular complexity index is 976. The molecule has 28 heavy (non-hydrogen) atoms. The summed E-state index contributed by atoms with van der Waals surface area (Å²) in [6.45, 7) is 0.920. The molecule has 3 rings (SSSR count). The normalized spacial score (nSPS) is 22.4. The van der Waals surface area contributed by atoms with Gasteiger partial charge in [0.05, 0.1) is 16.6 Å². The molecule has 1 aliphatic carbocycles. The van der Waals surface area contributed by atoms with Crippen LogP contribution in [0.2, 0.25) is 0 Å². The molecule has 0 atom stereocenters. The Balaban J connectivity index is 1.94. The van der Waals surface area contributed by atoms with Crippen molar-refractivity contribution < 1.29 is 31.9 Å². The van der Waals surface area contributed by atoms with Crippen LogP contribution in [0.15, 0.2) is 23.0 Å². The van der Waals surface area contributed by atoms with Gasteiger partial charge in [0, 0.05) is 11.4 Å². The monoisotopic (exact) mass is 405 g/mol. The summed E-state index contributed by atoms with van der Waals surface area (Å²) < 4.78 is 65.8. The molecule has 1 heterocycles. The number of aromatic nitrogens is 2. The lowest BCUT2D eigenvalue weighted by Gasteiger charge is -2.41. The van der Waals surface area contributed by atoms with E-state index in [1.165, 1.54) is 0 Å². The summed E-state index contributed by atoms with van der Waals surface area (Å²) in [4.78, 5) is 24.5. The molecule has 1 aromatic heterocycles. The van der Waals surface area contributed by atoms with Crippen LogP contribution in [0.5, 0.6) is 0 Å². The number of halogens is 5. The first-order chi connectivity index (χ1) is 12.9. The van der Waals surface area contributed by atoms with Gasteiger partial charge in [-0.25, -0.2) is 13.5 Å². The summed E-state index contributed by atoms with van der Waals surface area (Å²) in [5, 5.41) is 14.6. The van der Waals surface area contributed by atoms with E-state index in [2.05, 4.69) is 10.4 Å². The van der Waals surface area contributed by atoms with Crippen molar-refractivity contribution in [1.82, 2.24) is 15.1 Å². The Morgan fingerprint density at radius 2 is 2.00 bits per heavy atom. The lowest BCUT2D eigenvalue weighted by Crippen LogP contribution is -2.54. The molecule has 0 saturated heterocycles. The van der Waals surface area contributed by atoms with Gasteiger partial charge in [0.2, 0.25) is 5.91 Å². The fourth-order valence-electron chi connectivity index (χ4n) is 3.27. The molecule has 6 nitrogen and oxygen atoms in total. The predicted octanol–water partition coefficient (Wildman–Crippen LogP) is 2.38. The van der Waals surface area contributed by atoms with Gasteiger partial charge in [-0.15, -0.1) is 0 Å². The Morgan fingerprint density at radius 1 is 1.36 bits per heavy atom. The van der Waals surface area contributed by atoms with Gasteiger partial charge >= 0.3 is 6.18 Å². The second-order valence-electron chi connectivity index (χ2n) is 7.08. The molecule has 1 aliphatic rings. The Hall–Kier alpha value is -2.56. The summed E-state index contributed by atoms with van der Waals surface area (Å²) in [6.07, 6.45) is -7.41. The highest BCUT2D eigenvalue weighted by atomic mass is 19.4. The summed E-state index contributed by atoms with van der Waals surface area (Å²) >= 11 is 0. The number of benzene rings is 1. The number of amides is 1. The van der Waals surface area contributed by atoms with E-state index in [4.69, 9.17) is 0 Å². The van der Waals surface area contributed by atoms with Gasteiger partial charge in [-0.2, -0.15) is 18.3 Å². The Kier molecular flexibility index (Phi) is 4.90. The summed E-state index contributed by atoms with van der Waals surface area (Å²) in [6, 6.07) is 1.54. The maximum absolute atomic E-state index is 13.3. The molecule has 1 aromatic carbocycles. The van der Waals surface area contributed by atoms with Gasteiger partial charge in [0.25, 0.3) is 12.0 Å². The molecule has 1 amide bonds. The number of fused-ring (bicyclic) bond motifs is 1. The molecule has 0 spiro atoms. The highest BCUT2D eigenvalue weighted by molar-refractivity contribution is 5.85. The molecular formula is C17H16F5N3O3. The minimum absolute atomic E-state index is 0.307. The van der Waals surface area contributed by atoms with Crippen molar-refractivity contribution in [3.63, 3.8) is 0 Å². The third-order valence-electron chi connectivity index (χ3n) is 4.55. The highest BCUT2D eigenvalue weighted by Gasteiger charge is 2.39. The number of nitrogens with one attached hydrogen (secondary N) is 1. The van der Waals surface area contributed by atoms with E-state index in [1.54, 1.807) is 6.92 Å². The standard InChI is InChI=1S/C17H16F5N3O3/c1-16(28)5-9(6-16)23-12(26)7-25-15(27)10-3-2-8(17(20,21)22)4-11(10)13(24-25)14(18)19/h2-4,9,14,28H,5-7H2,1H3,(H,23,26). The van der Waals surface area contributed by atoms with Crippen LogP contribution in [0.3, 0.4) is 0 Å². The van der Waals surface area contributed by atoms with Crippen LogP contribution in [0.4, 0.5) is 22.0 Å². The third-order valence-corrected chi connectivity index (χ3v) is 4.55. The zero-order chi connectivity index (χ0) is 20.9. The predicted molar refractivity (Wildman–Crippen MR) is 87.8 cm³/mol. The van der Waals surface area contributed by atoms with Gasteiger partial charge in [-0.05, 0) is 38.0 Å². The molecule has 1 saturated carbocycles. The van der Waals surface area contributed by atoms with Crippen molar-refractivity contribution in [3.05, 3.63) is 39.8 Å². The molecule has 1 fully saturated rings. The minimum Gasteiger partial charge on any atom is -0.390 e. The highest BCUT2D eigenvalue weighted by Crippen LogP contribution is 2.33. The van der Waals surface area contributed by atoms with Crippen molar-refractivity contribution in [1.29, 1.82) is 0 Å². The van der Waals surface area contributed by atoms with Crippen molar-refractivity contribution in [2.45, 2.75) is 50.6 Å². The average Bonchev–Trinajstić information content (AvgIpc) is 2.54. The van der Waals surface area contributed by atoms with E-state index < -0.39 is 58.2 Å². The lowest BCUT2D eigenvalue weighted by atomic mass is 9.77. The SMILES string of the molecule is CC1(O)CC(NC(=O)Cn2nc(C(F)F)c3cc(C(F)(F)F)ccc3c2=O)C1. The van der Waals surface area contributed by atoms with E-state index in [9.17, 15) is 36.6 Å². The quantitative estimate of drug-likeness (QED) is 0.766. The van der Waals surface area contributed by atoms with Crippen LogP contribution in [0.25, 0.3) is 10.8 Å². The first kappa shape index (κ1) is 20.2. The number of hydrogen-bond donors (Lipinski definition) is 2. The number of carbonyl (C=O) groups excluding carboxylic acids is 1. The smallest absolute Gasteiger partial charge is 0.390 e. The molecule has 0 unspecified atom stereocenters. The van der Waals surface area contributed by atoms with Crippen LogP contribution in [-0.4, -0.2) is 32.4 Å². The van der Waals surface area contributed by atoms with E-state index in [0.717, 1.165) is 6.07 Å². The van der Waals surface area contributed by atoms with Gasteiger partial charge in [0.1, 0.15) is 12.2 Å². The fraction of sp³-hybridized carbons (Fsp3) is 0.471. The van der Waals surface area contributed by atoms with Crippen molar-refractivity contribution in [2.24, 2.45) is 0 Å². The van der Waals surface area contributed by atoms with Crippen molar-refractivity contribution >= 4 is 16.7 Å². The minimum atomic E-state index is -4.77. The first-order valence-corrected chi connectivity index (χ1v) is 8.29. The number of aliphatic hydroxyl groups is 1. The molecule has 0 radical (unpaired) electrons. The number of carbonyl (C=O) groups is 1. The summed E-state index contributed by atoms with van der Waals surface area (Å²) in [5.74, 6) is -0.679. The van der Waals surface area contributed by atoms with Gasteiger partial charge in [0.15, 0.2) is 0 Å². The van der Waals surface area contributed by atoms with Crippen molar-refractivity contribution in [2.75, 3.05) is 0 Å². The largest absolute Gasteiger partial charge is 0.416 e. The number of hydrogen-bond acceptors (Lipinski definition) is 4. The van der Waals surface area contributed by atoms with Gasteiger partial charge in [-0.3, -0.25) is 9.59 Å². The van der Waals surface area contributed by atoms with E-state index in [0.29, 0.717) is 29.7 Å². The number of rotatable bonds is 4. The van der Waals surface area contributed by atoms with Crippen molar-refractivity contribution in [3.8, 4) is 0 Å². The average molecular weight is 405 g/mol. The maximum atomic E-state index is 13.3. The van der Waals surface area contributed by atoms with Crippen LogP contribution in [0.1, 0.15) is 37.4 Å². The van der Waals surface area contributed by atoms with E-state index in [1.807, 2.05) is 0 Å². The zero-order valence-corrected chi connectivity index (χ0v) is 14.6. The lowest BCUT2D eigenvalue weighted by molar-refractivity contribution is -0.137. The third kappa shape index (κ3) is 3.98. The fourth-order valence-corrected chi connectivity index (χ4v) is 3.27. The zero-order valence-electron chi connectivity index (χ0n) is 14.6. The Labute approximate surface area is 155 Å². The second kappa shape index (κ2) is 6.80.